The van der Waals surface area contributed by atoms with Gasteiger partial charge in [-0.2, -0.15) is 0 Å². The molecule has 0 radical (unpaired) electrons. The molecule has 17 heavy (non-hydrogen) atoms. The van der Waals surface area contributed by atoms with Gasteiger partial charge in [0.15, 0.2) is 0 Å². The summed E-state index contributed by atoms with van der Waals surface area (Å²) >= 11 is 0. The van der Waals surface area contributed by atoms with E-state index < -0.39 is 0 Å². The van der Waals surface area contributed by atoms with Gasteiger partial charge in [-0.05, 0) is 29.3 Å². The molecule has 0 heterocycles. The van der Waals surface area contributed by atoms with E-state index >= 15 is 0 Å². The molecule has 0 aromatic heterocycles. The monoisotopic (exact) mass is 231 g/mol. The second kappa shape index (κ2) is 4.97. The summed E-state index contributed by atoms with van der Waals surface area (Å²) in [7, 11) is 1.62. The summed E-state index contributed by atoms with van der Waals surface area (Å²) in [6.45, 7) is 0.217. The highest BCUT2D eigenvalue weighted by molar-refractivity contribution is 5.64. The maximum atomic E-state index is 13.6. The molecule has 0 saturated heterocycles. The number of ether oxygens (including phenoxy) is 1. The van der Waals surface area contributed by atoms with Gasteiger partial charge in [0.25, 0.3) is 0 Å². The van der Waals surface area contributed by atoms with Crippen LogP contribution in [0.1, 0.15) is 5.56 Å². The quantitative estimate of drug-likeness (QED) is 0.881. The van der Waals surface area contributed by atoms with Crippen LogP contribution >= 0.6 is 0 Å². The van der Waals surface area contributed by atoms with Crippen molar-refractivity contribution in [3.8, 4) is 16.9 Å². The van der Waals surface area contributed by atoms with Crippen LogP contribution in [0, 0.1) is 5.82 Å². The predicted octanol–water partition coefficient (Wildman–Crippen LogP) is 2.96. The van der Waals surface area contributed by atoms with Gasteiger partial charge in [-0.25, -0.2) is 4.39 Å². The van der Waals surface area contributed by atoms with Gasteiger partial charge >= 0.3 is 0 Å². The summed E-state index contributed by atoms with van der Waals surface area (Å²) in [5.74, 6) is 0.522. The number of hydrogen-bond acceptors (Lipinski definition) is 2. The predicted molar refractivity (Wildman–Crippen MR) is 66.3 cm³/mol. The zero-order chi connectivity index (χ0) is 12.3. The van der Waals surface area contributed by atoms with E-state index in [0.717, 1.165) is 16.9 Å². The molecule has 0 amide bonds. The maximum Gasteiger partial charge on any atom is 0.128 e. The van der Waals surface area contributed by atoms with E-state index in [9.17, 15) is 4.39 Å². The van der Waals surface area contributed by atoms with Crippen molar-refractivity contribution in [1.29, 1.82) is 0 Å². The Kier molecular flexibility index (Phi) is 3.40. The second-order valence-corrected chi connectivity index (χ2v) is 3.74. The van der Waals surface area contributed by atoms with Gasteiger partial charge < -0.3 is 10.5 Å². The zero-order valence-corrected chi connectivity index (χ0v) is 9.61. The third kappa shape index (κ3) is 2.45. The van der Waals surface area contributed by atoms with E-state index in [1.165, 1.54) is 6.07 Å². The first kappa shape index (κ1) is 11.6. The minimum absolute atomic E-state index is 0.217. The van der Waals surface area contributed by atoms with Gasteiger partial charge in [-0.1, -0.05) is 24.3 Å². The number of hydrogen-bond donors (Lipinski definition) is 1. The van der Waals surface area contributed by atoms with Crippen LogP contribution in [0.3, 0.4) is 0 Å². The van der Waals surface area contributed by atoms with Crippen LogP contribution in [0.2, 0.25) is 0 Å². The SMILES string of the molecule is COc1ccc(-c2ccc(CN)c(F)c2)cc1. The molecule has 2 aromatic carbocycles. The van der Waals surface area contributed by atoms with Crippen molar-refractivity contribution < 1.29 is 9.13 Å². The molecule has 0 aliphatic rings. The normalized spacial score (nSPS) is 10.3. The van der Waals surface area contributed by atoms with Crippen molar-refractivity contribution in [2.24, 2.45) is 5.73 Å². The van der Waals surface area contributed by atoms with Gasteiger partial charge in [0.05, 0.1) is 7.11 Å². The Morgan fingerprint density at radius 3 is 2.24 bits per heavy atom. The van der Waals surface area contributed by atoms with E-state index in [1.807, 2.05) is 30.3 Å². The first-order valence-corrected chi connectivity index (χ1v) is 5.37. The Labute approximate surface area is 99.8 Å². The molecule has 0 bridgehead atoms. The van der Waals surface area contributed by atoms with Gasteiger partial charge in [-0.15, -0.1) is 0 Å². The van der Waals surface area contributed by atoms with Gasteiger partial charge in [0.2, 0.25) is 0 Å². The number of benzene rings is 2. The number of methoxy groups -OCH3 is 1. The lowest BCUT2D eigenvalue weighted by Gasteiger charge is -2.06. The third-order valence-corrected chi connectivity index (χ3v) is 2.70. The molecule has 0 aliphatic carbocycles. The summed E-state index contributed by atoms with van der Waals surface area (Å²) in [6, 6.07) is 12.6. The topological polar surface area (TPSA) is 35.2 Å². The highest BCUT2D eigenvalue weighted by Crippen LogP contribution is 2.24. The van der Waals surface area contributed by atoms with E-state index in [1.54, 1.807) is 13.2 Å². The molecular weight excluding hydrogens is 217 g/mol. The molecule has 2 N–H and O–H groups in total. The van der Waals surface area contributed by atoms with E-state index in [4.69, 9.17) is 10.5 Å². The molecule has 88 valence electrons. The van der Waals surface area contributed by atoms with Crippen molar-refractivity contribution in [2.75, 3.05) is 7.11 Å². The molecule has 0 atom stereocenters. The lowest BCUT2D eigenvalue weighted by Crippen LogP contribution is -1.99. The van der Waals surface area contributed by atoms with Crippen LogP contribution in [0.4, 0.5) is 4.39 Å². The van der Waals surface area contributed by atoms with Crippen molar-refractivity contribution >= 4 is 0 Å². The fourth-order valence-corrected chi connectivity index (χ4v) is 1.68. The fraction of sp³-hybridized carbons (Fsp3) is 0.143. The molecule has 0 spiro atoms. The molecule has 3 heteroatoms. The largest absolute Gasteiger partial charge is 0.497 e. The lowest BCUT2D eigenvalue weighted by molar-refractivity contribution is 0.415. The average Bonchev–Trinajstić information content (AvgIpc) is 2.39. The molecule has 0 saturated carbocycles. The zero-order valence-electron chi connectivity index (χ0n) is 9.61. The highest BCUT2D eigenvalue weighted by atomic mass is 19.1. The first-order chi connectivity index (χ1) is 8.24. The van der Waals surface area contributed by atoms with Gasteiger partial charge in [-0.3, -0.25) is 0 Å². The lowest BCUT2D eigenvalue weighted by atomic mass is 10.0. The van der Waals surface area contributed by atoms with Crippen LogP contribution in [0.15, 0.2) is 42.5 Å². The highest BCUT2D eigenvalue weighted by Gasteiger charge is 2.04. The van der Waals surface area contributed by atoms with Gasteiger partial charge in [0.1, 0.15) is 11.6 Å². The van der Waals surface area contributed by atoms with E-state index in [2.05, 4.69) is 0 Å². The van der Waals surface area contributed by atoms with Crippen LogP contribution < -0.4 is 10.5 Å². The Bertz CT molecular complexity index is 508. The minimum atomic E-state index is -0.263. The Morgan fingerprint density at radius 2 is 1.71 bits per heavy atom. The van der Waals surface area contributed by atoms with Crippen LogP contribution in [0.5, 0.6) is 5.75 Å². The molecule has 2 nitrogen and oxygen atoms in total. The first-order valence-electron chi connectivity index (χ1n) is 5.37. The average molecular weight is 231 g/mol. The summed E-state index contributed by atoms with van der Waals surface area (Å²) in [6.07, 6.45) is 0. The summed E-state index contributed by atoms with van der Waals surface area (Å²) in [5.41, 5.74) is 7.74. The molecule has 0 aliphatic heterocycles. The smallest absolute Gasteiger partial charge is 0.128 e. The van der Waals surface area contributed by atoms with Gasteiger partial charge in [0, 0.05) is 12.1 Å². The fourth-order valence-electron chi connectivity index (χ4n) is 1.68. The standard InChI is InChI=1S/C14H14FNO/c1-17-13-6-4-10(5-7-13)11-2-3-12(9-16)14(15)8-11/h2-8H,9,16H2,1H3. The Balaban J connectivity index is 2.35. The van der Waals surface area contributed by atoms with Crippen molar-refractivity contribution in [3.05, 3.63) is 53.8 Å². The Hall–Kier alpha value is -1.87. The van der Waals surface area contributed by atoms with Crippen LogP contribution in [-0.2, 0) is 6.54 Å². The maximum absolute atomic E-state index is 13.6. The molecule has 2 aromatic rings. The number of rotatable bonds is 3. The summed E-state index contributed by atoms with van der Waals surface area (Å²) in [4.78, 5) is 0. The van der Waals surface area contributed by atoms with Crippen molar-refractivity contribution in [3.63, 3.8) is 0 Å². The third-order valence-electron chi connectivity index (χ3n) is 2.70. The number of halogens is 1. The molecular formula is C14H14FNO. The van der Waals surface area contributed by atoms with Crippen molar-refractivity contribution in [2.45, 2.75) is 6.54 Å². The Morgan fingerprint density at radius 1 is 1.06 bits per heavy atom. The summed E-state index contributed by atoms with van der Waals surface area (Å²) < 4.78 is 18.7. The molecule has 0 unspecified atom stereocenters. The van der Waals surface area contributed by atoms with E-state index in [0.29, 0.717) is 5.56 Å². The number of nitrogens with two attached hydrogens (primary N) is 1. The van der Waals surface area contributed by atoms with Crippen LogP contribution in [-0.4, -0.2) is 7.11 Å². The van der Waals surface area contributed by atoms with E-state index in [-0.39, 0.29) is 12.4 Å². The molecule has 2 rings (SSSR count). The summed E-state index contributed by atoms with van der Waals surface area (Å²) in [5, 5.41) is 0. The van der Waals surface area contributed by atoms with Crippen molar-refractivity contribution in [1.82, 2.24) is 0 Å². The second-order valence-electron chi connectivity index (χ2n) is 3.74. The molecule has 0 fully saturated rings. The van der Waals surface area contributed by atoms with Crippen LogP contribution in [0.25, 0.3) is 11.1 Å². The minimum Gasteiger partial charge on any atom is -0.497 e.